The summed E-state index contributed by atoms with van der Waals surface area (Å²) < 4.78 is 0. The van der Waals surface area contributed by atoms with Crippen molar-refractivity contribution < 1.29 is 4.79 Å². The van der Waals surface area contributed by atoms with Crippen LogP contribution in [0.5, 0.6) is 0 Å². The molecule has 0 aliphatic carbocycles. The molecule has 0 fully saturated rings. The lowest BCUT2D eigenvalue weighted by molar-refractivity contribution is -0.124. The van der Waals surface area contributed by atoms with Crippen molar-refractivity contribution in [3.63, 3.8) is 0 Å². The van der Waals surface area contributed by atoms with Gasteiger partial charge in [0, 0.05) is 0 Å². The first-order chi connectivity index (χ1) is 12.4. The van der Waals surface area contributed by atoms with E-state index >= 15 is 0 Å². The van der Waals surface area contributed by atoms with E-state index in [1.165, 1.54) is 0 Å². The Balaban J connectivity index is 2.21. The van der Waals surface area contributed by atoms with E-state index < -0.39 is 11.6 Å². The van der Waals surface area contributed by atoms with Crippen LogP contribution in [0, 0.1) is 17.2 Å². The normalized spacial score (nSPS) is 14.5. The number of carbonyl (C=O) groups is 1. The lowest BCUT2D eigenvalue weighted by Crippen LogP contribution is -2.54. The smallest absolute Gasteiger partial charge is 0.238 e. The van der Waals surface area contributed by atoms with Gasteiger partial charge >= 0.3 is 0 Å². The summed E-state index contributed by atoms with van der Waals surface area (Å²) in [5.41, 5.74) is 1.29. The lowest BCUT2D eigenvalue weighted by Gasteiger charge is -2.30. The van der Waals surface area contributed by atoms with Crippen LogP contribution in [0.15, 0.2) is 60.7 Å². The predicted octanol–water partition coefficient (Wildman–Crippen LogP) is 3.81. The summed E-state index contributed by atoms with van der Waals surface area (Å²) in [6, 6.07) is 21.7. The zero-order chi connectivity index (χ0) is 19.2. The maximum absolute atomic E-state index is 12.7. The largest absolute Gasteiger partial charge is 0.336 e. The highest BCUT2D eigenvalue weighted by molar-refractivity contribution is 5.82. The molecule has 2 N–H and O–H groups in total. The van der Waals surface area contributed by atoms with Crippen LogP contribution in [0.4, 0.5) is 0 Å². The summed E-state index contributed by atoms with van der Waals surface area (Å²) in [6.45, 7) is 7.44. The molecule has 2 atom stereocenters. The molecule has 0 spiro atoms. The van der Waals surface area contributed by atoms with Gasteiger partial charge in [0.1, 0.15) is 5.54 Å². The predicted molar refractivity (Wildman–Crippen MR) is 104 cm³/mol. The maximum Gasteiger partial charge on any atom is 0.238 e. The Labute approximate surface area is 156 Å². The molecular formula is C22H27N3O. The number of nitrogens with one attached hydrogen (secondary N) is 2. The first-order valence-corrected chi connectivity index (χ1v) is 8.96. The van der Waals surface area contributed by atoms with E-state index in [9.17, 15) is 10.1 Å². The van der Waals surface area contributed by atoms with Gasteiger partial charge in [0.05, 0.1) is 18.2 Å². The van der Waals surface area contributed by atoms with E-state index in [0.29, 0.717) is 0 Å². The first-order valence-electron chi connectivity index (χ1n) is 8.96. The van der Waals surface area contributed by atoms with Crippen LogP contribution in [0.2, 0.25) is 0 Å². The van der Waals surface area contributed by atoms with Crippen LogP contribution in [0.1, 0.15) is 44.9 Å². The van der Waals surface area contributed by atoms with Crippen molar-refractivity contribution >= 4 is 5.91 Å². The number of nitriles is 1. The van der Waals surface area contributed by atoms with Gasteiger partial charge in [-0.05, 0) is 30.9 Å². The summed E-state index contributed by atoms with van der Waals surface area (Å²) in [5.74, 6) is -0.165. The van der Waals surface area contributed by atoms with Crippen LogP contribution in [0.3, 0.4) is 0 Å². The van der Waals surface area contributed by atoms with Gasteiger partial charge in [-0.3, -0.25) is 10.1 Å². The van der Waals surface area contributed by atoms with Gasteiger partial charge < -0.3 is 5.32 Å². The molecule has 26 heavy (non-hydrogen) atoms. The Kier molecular flexibility index (Phi) is 6.54. The van der Waals surface area contributed by atoms with Crippen LogP contribution in [0.25, 0.3) is 0 Å². The average molecular weight is 349 g/mol. The number of hydrogen-bond donors (Lipinski definition) is 2. The molecule has 0 aliphatic rings. The first kappa shape index (κ1) is 19.7. The van der Waals surface area contributed by atoms with E-state index in [4.69, 9.17) is 0 Å². The molecule has 0 saturated heterocycles. The van der Waals surface area contributed by atoms with Crippen molar-refractivity contribution in [2.45, 2.75) is 45.3 Å². The van der Waals surface area contributed by atoms with Gasteiger partial charge in [0.25, 0.3) is 0 Å². The molecule has 136 valence electrons. The van der Waals surface area contributed by atoms with Crippen LogP contribution >= 0.6 is 0 Å². The van der Waals surface area contributed by atoms with Gasteiger partial charge in [0.15, 0.2) is 0 Å². The van der Waals surface area contributed by atoms with Gasteiger partial charge in [0.2, 0.25) is 5.91 Å². The molecule has 0 aromatic heterocycles. The van der Waals surface area contributed by atoms with E-state index in [2.05, 4.69) is 16.7 Å². The number of rotatable bonds is 7. The fourth-order valence-electron chi connectivity index (χ4n) is 2.67. The molecule has 0 radical (unpaired) electrons. The third kappa shape index (κ3) is 4.71. The minimum atomic E-state index is -0.887. The van der Waals surface area contributed by atoms with Gasteiger partial charge in [-0.15, -0.1) is 0 Å². The second-order valence-corrected chi connectivity index (χ2v) is 7.10. The zero-order valence-electron chi connectivity index (χ0n) is 15.9. The Morgan fingerprint density at radius 3 is 1.81 bits per heavy atom. The Morgan fingerprint density at radius 2 is 1.42 bits per heavy atom. The maximum atomic E-state index is 12.7. The highest BCUT2D eigenvalue weighted by Gasteiger charge is 2.32. The van der Waals surface area contributed by atoms with Gasteiger partial charge in [-0.2, -0.15) is 5.26 Å². The fourth-order valence-corrected chi connectivity index (χ4v) is 2.67. The molecule has 2 rings (SSSR count). The number of carbonyl (C=O) groups excluding carboxylic acids is 1. The van der Waals surface area contributed by atoms with Crippen LogP contribution < -0.4 is 10.6 Å². The van der Waals surface area contributed by atoms with Crippen molar-refractivity contribution in [1.29, 1.82) is 5.26 Å². The van der Waals surface area contributed by atoms with Crippen molar-refractivity contribution in [2.24, 2.45) is 5.92 Å². The molecule has 0 aliphatic heterocycles. The molecule has 4 heteroatoms. The van der Waals surface area contributed by atoms with Crippen LogP contribution in [-0.4, -0.2) is 17.5 Å². The quantitative estimate of drug-likeness (QED) is 0.799. The number of hydrogen-bond acceptors (Lipinski definition) is 3. The van der Waals surface area contributed by atoms with Crippen molar-refractivity contribution in [2.75, 3.05) is 0 Å². The van der Waals surface area contributed by atoms with E-state index in [-0.39, 0.29) is 17.9 Å². The molecule has 0 heterocycles. The van der Waals surface area contributed by atoms with Crippen molar-refractivity contribution in [3.8, 4) is 6.07 Å². The second-order valence-electron chi connectivity index (χ2n) is 7.10. The SMILES string of the molecule is CC(NC(c1ccccc1)c1ccccc1)C(=O)NC(C)(C#N)C(C)C. The van der Waals surface area contributed by atoms with Gasteiger partial charge in [-0.1, -0.05) is 74.5 Å². The van der Waals surface area contributed by atoms with Crippen molar-refractivity contribution in [3.05, 3.63) is 71.8 Å². The highest BCUT2D eigenvalue weighted by atomic mass is 16.2. The van der Waals surface area contributed by atoms with Crippen molar-refractivity contribution in [1.82, 2.24) is 10.6 Å². The average Bonchev–Trinajstić information content (AvgIpc) is 2.66. The molecule has 2 unspecified atom stereocenters. The fraction of sp³-hybridized carbons (Fsp3) is 0.364. The molecule has 4 nitrogen and oxygen atoms in total. The molecule has 0 bridgehead atoms. The highest BCUT2D eigenvalue weighted by Crippen LogP contribution is 2.23. The third-order valence-electron chi connectivity index (χ3n) is 4.85. The molecule has 1 amide bonds. The summed E-state index contributed by atoms with van der Waals surface area (Å²) >= 11 is 0. The van der Waals surface area contributed by atoms with E-state index in [1.807, 2.05) is 81.4 Å². The topological polar surface area (TPSA) is 64.9 Å². The van der Waals surface area contributed by atoms with Crippen LogP contribution in [-0.2, 0) is 4.79 Å². The minimum absolute atomic E-state index is 0.0164. The Morgan fingerprint density at radius 1 is 0.962 bits per heavy atom. The van der Waals surface area contributed by atoms with E-state index in [1.54, 1.807) is 6.92 Å². The molecule has 0 saturated carbocycles. The van der Waals surface area contributed by atoms with Gasteiger partial charge in [-0.25, -0.2) is 0 Å². The summed E-state index contributed by atoms with van der Waals surface area (Å²) in [6.07, 6.45) is 0. The Hall–Kier alpha value is -2.64. The summed E-state index contributed by atoms with van der Waals surface area (Å²) in [4.78, 5) is 12.7. The summed E-state index contributed by atoms with van der Waals surface area (Å²) in [5, 5.41) is 15.7. The zero-order valence-corrected chi connectivity index (χ0v) is 15.9. The molecule has 2 aromatic rings. The lowest BCUT2D eigenvalue weighted by atomic mass is 9.89. The Bertz CT molecular complexity index is 712. The number of benzene rings is 2. The molecule has 2 aromatic carbocycles. The monoisotopic (exact) mass is 349 g/mol. The standard InChI is InChI=1S/C22H27N3O/c1-16(2)22(4,15-23)25-21(26)17(3)24-20(18-11-7-5-8-12-18)19-13-9-6-10-14-19/h5-14,16-17,20,24H,1-4H3,(H,25,26). The molecular weight excluding hydrogens is 322 g/mol. The minimum Gasteiger partial charge on any atom is -0.336 e. The second kappa shape index (κ2) is 8.64. The third-order valence-corrected chi connectivity index (χ3v) is 4.85. The number of nitrogens with zero attached hydrogens (tertiary/aromatic N) is 1. The number of amides is 1. The van der Waals surface area contributed by atoms with E-state index in [0.717, 1.165) is 11.1 Å². The summed E-state index contributed by atoms with van der Waals surface area (Å²) in [7, 11) is 0.